The maximum Gasteiger partial charge on any atom is 0.151 e. The molecule has 0 aromatic heterocycles. The van der Waals surface area contributed by atoms with Crippen molar-refractivity contribution in [3.8, 4) is 0 Å². The van der Waals surface area contributed by atoms with E-state index in [2.05, 4.69) is 26.2 Å². The highest BCUT2D eigenvalue weighted by atomic mass is 79.9. The molecule has 0 bridgehead atoms. The number of nitrogens with zero attached hydrogens (tertiary/aromatic N) is 3. The third-order valence-electron chi connectivity index (χ3n) is 2.55. The van der Waals surface area contributed by atoms with Gasteiger partial charge in [0.05, 0.1) is 5.69 Å². The normalized spacial score (nSPS) is 10.9. The Morgan fingerprint density at radius 3 is 2.26 bits per heavy atom. The van der Waals surface area contributed by atoms with Gasteiger partial charge in [-0.25, -0.2) is 4.39 Å². The quantitative estimate of drug-likeness (QED) is 0.725. The molecule has 0 saturated heterocycles. The van der Waals surface area contributed by atoms with Crippen molar-refractivity contribution in [3.05, 3.63) is 52.8 Å². The number of benzene rings is 2. The molecule has 0 radical (unpaired) electrons. The third-order valence-corrected chi connectivity index (χ3v) is 3.04. The minimum absolute atomic E-state index is 0.222. The Bertz CT molecular complexity index is 594. The van der Waals surface area contributed by atoms with Crippen molar-refractivity contribution in [2.24, 2.45) is 10.2 Å². The van der Waals surface area contributed by atoms with Crippen molar-refractivity contribution in [2.75, 3.05) is 19.0 Å². The fourth-order valence-electron chi connectivity index (χ4n) is 1.49. The van der Waals surface area contributed by atoms with Crippen molar-refractivity contribution in [2.45, 2.75) is 0 Å². The Labute approximate surface area is 119 Å². The van der Waals surface area contributed by atoms with Crippen LogP contribution in [0.1, 0.15) is 0 Å². The van der Waals surface area contributed by atoms with Crippen LogP contribution in [0.4, 0.5) is 21.5 Å². The highest BCUT2D eigenvalue weighted by Gasteiger charge is 2.01. The molecule has 0 aliphatic carbocycles. The Morgan fingerprint density at radius 1 is 1.00 bits per heavy atom. The van der Waals surface area contributed by atoms with Crippen LogP contribution in [0, 0.1) is 5.82 Å². The maximum atomic E-state index is 13.5. The highest BCUT2D eigenvalue weighted by molar-refractivity contribution is 9.10. The fourth-order valence-corrected chi connectivity index (χ4v) is 1.82. The number of azo groups is 1. The summed E-state index contributed by atoms with van der Waals surface area (Å²) in [4.78, 5) is 2.00. The maximum absolute atomic E-state index is 13.5. The first-order chi connectivity index (χ1) is 9.06. The van der Waals surface area contributed by atoms with E-state index < -0.39 is 5.82 Å². The molecular formula is C14H13BrFN3. The van der Waals surface area contributed by atoms with Gasteiger partial charge in [-0.2, -0.15) is 5.11 Å². The topological polar surface area (TPSA) is 28.0 Å². The van der Waals surface area contributed by atoms with Gasteiger partial charge in [0.2, 0.25) is 0 Å². The molecule has 2 aromatic carbocycles. The second kappa shape index (κ2) is 5.93. The molecule has 0 N–H and O–H groups in total. The summed E-state index contributed by atoms with van der Waals surface area (Å²) >= 11 is 3.20. The van der Waals surface area contributed by atoms with E-state index in [0.29, 0.717) is 10.2 Å². The van der Waals surface area contributed by atoms with Crippen molar-refractivity contribution < 1.29 is 4.39 Å². The Balaban J connectivity index is 2.18. The van der Waals surface area contributed by atoms with Gasteiger partial charge >= 0.3 is 0 Å². The van der Waals surface area contributed by atoms with Crippen molar-refractivity contribution in [1.82, 2.24) is 0 Å². The van der Waals surface area contributed by atoms with Gasteiger partial charge in [-0.1, -0.05) is 15.9 Å². The first-order valence-corrected chi connectivity index (χ1v) is 6.50. The van der Waals surface area contributed by atoms with E-state index >= 15 is 0 Å². The fraction of sp³-hybridized carbons (Fsp3) is 0.143. The lowest BCUT2D eigenvalue weighted by Gasteiger charge is -2.11. The number of hydrogen-bond donors (Lipinski definition) is 0. The summed E-state index contributed by atoms with van der Waals surface area (Å²) < 4.78 is 14.2. The summed E-state index contributed by atoms with van der Waals surface area (Å²) in [5.41, 5.74) is 1.99. The first kappa shape index (κ1) is 13.7. The first-order valence-electron chi connectivity index (χ1n) is 5.70. The predicted molar refractivity (Wildman–Crippen MR) is 79.0 cm³/mol. The van der Waals surface area contributed by atoms with E-state index in [-0.39, 0.29) is 5.69 Å². The monoisotopic (exact) mass is 321 g/mol. The molecule has 0 unspecified atom stereocenters. The largest absolute Gasteiger partial charge is 0.378 e. The van der Waals surface area contributed by atoms with Crippen molar-refractivity contribution in [1.29, 1.82) is 0 Å². The van der Waals surface area contributed by atoms with Crippen LogP contribution < -0.4 is 4.90 Å². The summed E-state index contributed by atoms with van der Waals surface area (Å²) in [5.74, 6) is -0.400. The summed E-state index contributed by atoms with van der Waals surface area (Å²) in [5, 5.41) is 7.93. The molecule has 3 nitrogen and oxygen atoms in total. The van der Waals surface area contributed by atoms with Gasteiger partial charge in [-0.15, -0.1) is 5.11 Å². The van der Waals surface area contributed by atoms with E-state index in [9.17, 15) is 4.39 Å². The van der Waals surface area contributed by atoms with E-state index in [1.54, 1.807) is 12.1 Å². The predicted octanol–water partition coefficient (Wildman–Crippen LogP) is 5.07. The number of rotatable bonds is 3. The average molecular weight is 322 g/mol. The van der Waals surface area contributed by atoms with Gasteiger partial charge in [0, 0.05) is 24.3 Å². The van der Waals surface area contributed by atoms with E-state index in [0.717, 1.165) is 5.69 Å². The zero-order valence-corrected chi connectivity index (χ0v) is 12.2. The smallest absolute Gasteiger partial charge is 0.151 e. The molecule has 5 heteroatoms. The van der Waals surface area contributed by atoms with E-state index in [1.807, 2.05) is 43.3 Å². The zero-order chi connectivity index (χ0) is 13.8. The van der Waals surface area contributed by atoms with Crippen molar-refractivity contribution >= 4 is 33.0 Å². The SMILES string of the molecule is CN(C)c1ccc(N=Nc2ccc(Br)cc2F)cc1. The molecule has 98 valence electrons. The Kier molecular flexibility index (Phi) is 4.27. The molecule has 0 heterocycles. The lowest BCUT2D eigenvalue weighted by atomic mass is 10.3. The average Bonchev–Trinajstić information content (AvgIpc) is 2.38. The van der Waals surface area contributed by atoms with Crippen LogP contribution in [0.5, 0.6) is 0 Å². The van der Waals surface area contributed by atoms with Crippen molar-refractivity contribution in [3.63, 3.8) is 0 Å². The Morgan fingerprint density at radius 2 is 1.68 bits per heavy atom. The minimum Gasteiger partial charge on any atom is -0.378 e. The van der Waals surface area contributed by atoms with Gasteiger partial charge in [0.1, 0.15) is 5.69 Å². The van der Waals surface area contributed by atoms with Crippen LogP contribution in [0.3, 0.4) is 0 Å². The molecule has 0 spiro atoms. The molecule has 0 amide bonds. The van der Waals surface area contributed by atoms with Crippen LogP contribution in [-0.2, 0) is 0 Å². The standard InChI is InChI=1S/C14H13BrFN3/c1-19(2)12-6-4-11(5-7-12)17-18-14-8-3-10(15)9-13(14)16/h3-9H,1-2H3. The van der Waals surface area contributed by atoms with Crippen LogP contribution in [0.15, 0.2) is 57.2 Å². The molecule has 0 aliphatic rings. The van der Waals surface area contributed by atoms with Gasteiger partial charge in [-0.05, 0) is 42.5 Å². The zero-order valence-electron chi connectivity index (χ0n) is 10.6. The molecule has 0 atom stereocenters. The summed E-state index contributed by atoms with van der Waals surface area (Å²) in [6, 6.07) is 12.2. The third kappa shape index (κ3) is 3.61. The molecule has 2 rings (SSSR count). The summed E-state index contributed by atoms with van der Waals surface area (Å²) in [6.45, 7) is 0. The Hall–Kier alpha value is -1.75. The number of halogens is 2. The van der Waals surface area contributed by atoms with E-state index in [4.69, 9.17) is 0 Å². The van der Waals surface area contributed by atoms with Gasteiger partial charge < -0.3 is 4.90 Å². The number of anilines is 1. The number of hydrogen-bond acceptors (Lipinski definition) is 3. The molecule has 0 fully saturated rings. The highest BCUT2D eigenvalue weighted by Crippen LogP contribution is 2.25. The van der Waals surface area contributed by atoms with Gasteiger partial charge in [-0.3, -0.25) is 0 Å². The van der Waals surface area contributed by atoms with Crippen LogP contribution >= 0.6 is 15.9 Å². The lowest BCUT2D eigenvalue weighted by molar-refractivity contribution is 0.627. The molecule has 2 aromatic rings. The molecular weight excluding hydrogens is 309 g/mol. The lowest BCUT2D eigenvalue weighted by Crippen LogP contribution is -2.07. The van der Waals surface area contributed by atoms with Crippen LogP contribution in [-0.4, -0.2) is 14.1 Å². The van der Waals surface area contributed by atoms with Crippen LogP contribution in [0.2, 0.25) is 0 Å². The summed E-state index contributed by atoms with van der Waals surface area (Å²) in [7, 11) is 3.93. The van der Waals surface area contributed by atoms with Gasteiger partial charge in [0.15, 0.2) is 5.82 Å². The second-order valence-electron chi connectivity index (χ2n) is 4.21. The summed E-state index contributed by atoms with van der Waals surface area (Å²) in [6.07, 6.45) is 0. The molecule has 19 heavy (non-hydrogen) atoms. The molecule has 0 aliphatic heterocycles. The van der Waals surface area contributed by atoms with Gasteiger partial charge in [0.25, 0.3) is 0 Å². The molecule has 0 saturated carbocycles. The second-order valence-corrected chi connectivity index (χ2v) is 5.12. The van der Waals surface area contributed by atoms with Crippen LogP contribution in [0.25, 0.3) is 0 Å². The van der Waals surface area contributed by atoms with E-state index in [1.165, 1.54) is 6.07 Å². The minimum atomic E-state index is -0.400.